The maximum Gasteiger partial charge on any atom is 0.0291 e. The summed E-state index contributed by atoms with van der Waals surface area (Å²) in [5.74, 6) is 0.831. The topological polar surface area (TPSA) is 12.0 Å². The van der Waals surface area contributed by atoms with Gasteiger partial charge in [0.1, 0.15) is 0 Å². The molecule has 0 aliphatic carbocycles. The van der Waals surface area contributed by atoms with Crippen molar-refractivity contribution in [3.8, 4) is 0 Å². The molecule has 1 rings (SSSR count). The van der Waals surface area contributed by atoms with Crippen LogP contribution in [-0.2, 0) is 5.41 Å². The summed E-state index contributed by atoms with van der Waals surface area (Å²) >= 11 is 0. The van der Waals surface area contributed by atoms with Gasteiger partial charge in [-0.1, -0.05) is 71.7 Å². The first-order chi connectivity index (χ1) is 9.30. The average molecular weight is 275 g/mol. The number of benzene rings is 1. The zero-order valence-corrected chi connectivity index (χ0v) is 14.3. The van der Waals surface area contributed by atoms with Crippen LogP contribution in [0.4, 0.5) is 0 Å². The molecule has 1 atom stereocenters. The third kappa shape index (κ3) is 6.09. The zero-order chi connectivity index (χ0) is 15.2. The summed E-state index contributed by atoms with van der Waals surface area (Å²) in [7, 11) is 0. The second kappa shape index (κ2) is 7.83. The molecule has 1 N–H and O–H groups in total. The third-order valence-electron chi connectivity index (χ3n) is 3.94. The SMILES string of the molecule is CC(C)CCCCNC(C)c1ccc(C(C)(C)C)cc1. The predicted octanol–water partition coefficient (Wildman–Crippen LogP) is 5.46. The Bertz CT molecular complexity index is 370. The van der Waals surface area contributed by atoms with Crippen LogP contribution in [0.1, 0.15) is 78.0 Å². The molecule has 0 bridgehead atoms. The smallest absolute Gasteiger partial charge is 0.0291 e. The quantitative estimate of drug-likeness (QED) is 0.651. The van der Waals surface area contributed by atoms with Crippen molar-refractivity contribution < 1.29 is 0 Å². The maximum absolute atomic E-state index is 3.63. The van der Waals surface area contributed by atoms with E-state index in [0.29, 0.717) is 6.04 Å². The van der Waals surface area contributed by atoms with Gasteiger partial charge in [-0.15, -0.1) is 0 Å². The highest BCUT2D eigenvalue weighted by Gasteiger charge is 2.13. The molecule has 1 aromatic rings. The molecule has 20 heavy (non-hydrogen) atoms. The summed E-state index contributed by atoms with van der Waals surface area (Å²) in [5, 5.41) is 3.63. The molecule has 1 aromatic carbocycles. The fourth-order valence-electron chi connectivity index (χ4n) is 2.39. The summed E-state index contributed by atoms with van der Waals surface area (Å²) < 4.78 is 0. The number of hydrogen-bond donors (Lipinski definition) is 1. The molecule has 114 valence electrons. The van der Waals surface area contributed by atoms with E-state index in [1.54, 1.807) is 0 Å². The fraction of sp³-hybridized carbons (Fsp3) is 0.684. The molecule has 1 heteroatoms. The minimum atomic E-state index is 0.242. The van der Waals surface area contributed by atoms with Crippen LogP contribution in [0.5, 0.6) is 0 Å². The van der Waals surface area contributed by atoms with E-state index in [0.717, 1.165) is 12.5 Å². The minimum Gasteiger partial charge on any atom is -0.310 e. The van der Waals surface area contributed by atoms with Crippen molar-refractivity contribution in [3.63, 3.8) is 0 Å². The standard InChI is InChI=1S/C19H33N/c1-15(2)9-7-8-14-20-16(3)17-10-12-18(13-11-17)19(4,5)6/h10-13,15-16,20H,7-9,14H2,1-6H3. The first kappa shape index (κ1) is 17.2. The highest BCUT2D eigenvalue weighted by Crippen LogP contribution is 2.23. The van der Waals surface area contributed by atoms with E-state index in [1.165, 1.54) is 30.4 Å². The van der Waals surface area contributed by atoms with Crippen molar-refractivity contribution >= 4 is 0 Å². The number of rotatable bonds is 7. The van der Waals surface area contributed by atoms with E-state index >= 15 is 0 Å². The van der Waals surface area contributed by atoms with Crippen LogP contribution in [0.2, 0.25) is 0 Å². The monoisotopic (exact) mass is 275 g/mol. The van der Waals surface area contributed by atoms with E-state index in [-0.39, 0.29) is 5.41 Å². The number of hydrogen-bond acceptors (Lipinski definition) is 1. The van der Waals surface area contributed by atoms with Crippen LogP contribution < -0.4 is 5.32 Å². The zero-order valence-electron chi connectivity index (χ0n) is 14.3. The molecule has 0 aromatic heterocycles. The Morgan fingerprint density at radius 3 is 2.05 bits per heavy atom. The van der Waals surface area contributed by atoms with Gasteiger partial charge < -0.3 is 5.32 Å². The molecular weight excluding hydrogens is 242 g/mol. The average Bonchev–Trinajstić information content (AvgIpc) is 2.37. The lowest BCUT2D eigenvalue weighted by atomic mass is 9.86. The van der Waals surface area contributed by atoms with Gasteiger partial charge in [-0.2, -0.15) is 0 Å². The van der Waals surface area contributed by atoms with Crippen LogP contribution in [0.3, 0.4) is 0 Å². The summed E-state index contributed by atoms with van der Waals surface area (Å²) in [6.07, 6.45) is 3.96. The second-order valence-corrected chi connectivity index (χ2v) is 7.44. The van der Waals surface area contributed by atoms with E-state index < -0.39 is 0 Å². The van der Waals surface area contributed by atoms with Gasteiger partial charge >= 0.3 is 0 Å². The number of unbranched alkanes of at least 4 members (excludes halogenated alkanes) is 1. The van der Waals surface area contributed by atoms with Crippen LogP contribution in [0.25, 0.3) is 0 Å². The lowest BCUT2D eigenvalue weighted by molar-refractivity contribution is 0.498. The molecule has 1 nitrogen and oxygen atoms in total. The largest absolute Gasteiger partial charge is 0.310 e. The van der Waals surface area contributed by atoms with Crippen molar-refractivity contribution in [1.29, 1.82) is 0 Å². The van der Waals surface area contributed by atoms with Gasteiger partial charge in [-0.05, 0) is 42.3 Å². The molecule has 0 aliphatic heterocycles. The minimum absolute atomic E-state index is 0.242. The molecule has 0 aliphatic rings. The second-order valence-electron chi connectivity index (χ2n) is 7.44. The van der Waals surface area contributed by atoms with Gasteiger partial charge in [0, 0.05) is 6.04 Å². The predicted molar refractivity (Wildman–Crippen MR) is 90.2 cm³/mol. The Hall–Kier alpha value is -0.820. The Kier molecular flexibility index (Phi) is 6.75. The molecular formula is C19H33N. The van der Waals surface area contributed by atoms with Crippen molar-refractivity contribution in [2.45, 2.75) is 72.3 Å². The summed E-state index contributed by atoms with van der Waals surface area (Å²) in [6, 6.07) is 9.53. The van der Waals surface area contributed by atoms with Gasteiger partial charge in [0.15, 0.2) is 0 Å². The van der Waals surface area contributed by atoms with Crippen LogP contribution in [0, 0.1) is 5.92 Å². The van der Waals surface area contributed by atoms with E-state index in [1.807, 2.05) is 0 Å². The van der Waals surface area contributed by atoms with Gasteiger partial charge in [0.25, 0.3) is 0 Å². The van der Waals surface area contributed by atoms with E-state index in [4.69, 9.17) is 0 Å². The Morgan fingerprint density at radius 1 is 0.950 bits per heavy atom. The molecule has 0 saturated heterocycles. The third-order valence-corrected chi connectivity index (χ3v) is 3.94. The molecule has 1 unspecified atom stereocenters. The fourth-order valence-corrected chi connectivity index (χ4v) is 2.39. The van der Waals surface area contributed by atoms with Crippen molar-refractivity contribution in [2.75, 3.05) is 6.54 Å². The number of nitrogens with one attached hydrogen (secondary N) is 1. The van der Waals surface area contributed by atoms with Crippen molar-refractivity contribution in [3.05, 3.63) is 35.4 Å². The lowest BCUT2D eigenvalue weighted by Gasteiger charge is -2.20. The van der Waals surface area contributed by atoms with Crippen molar-refractivity contribution in [2.24, 2.45) is 5.92 Å². The molecule has 0 heterocycles. The Labute approximate surface area is 126 Å². The highest BCUT2D eigenvalue weighted by molar-refractivity contribution is 5.28. The Balaban J connectivity index is 2.38. The normalized spacial score (nSPS) is 13.8. The Morgan fingerprint density at radius 2 is 1.55 bits per heavy atom. The van der Waals surface area contributed by atoms with Gasteiger partial charge in [0.05, 0.1) is 0 Å². The summed E-state index contributed by atoms with van der Waals surface area (Å²) in [6.45, 7) is 14.8. The van der Waals surface area contributed by atoms with Crippen LogP contribution >= 0.6 is 0 Å². The summed E-state index contributed by atoms with van der Waals surface area (Å²) in [5.41, 5.74) is 3.04. The van der Waals surface area contributed by atoms with E-state index in [9.17, 15) is 0 Å². The summed E-state index contributed by atoms with van der Waals surface area (Å²) in [4.78, 5) is 0. The molecule has 0 fully saturated rings. The first-order valence-electron chi connectivity index (χ1n) is 8.14. The maximum atomic E-state index is 3.63. The molecule has 0 spiro atoms. The van der Waals surface area contributed by atoms with E-state index in [2.05, 4.69) is 71.1 Å². The molecule has 0 radical (unpaired) electrons. The lowest BCUT2D eigenvalue weighted by Crippen LogP contribution is -2.20. The van der Waals surface area contributed by atoms with Gasteiger partial charge in [-0.3, -0.25) is 0 Å². The first-order valence-corrected chi connectivity index (χ1v) is 8.14. The van der Waals surface area contributed by atoms with Crippen LogP contribution in [-0.4, -0.2) is 6.54 Å². The van der Waals surface area contributed by atoms with Gasteiger partial charge in [0.2, 0.25) is 0 Å². The van der Waals surface area contributed by atoms with Crippen molar-refractivity contribution in [1.82, 2.24) is 5.32 Å². The molecule has 0 saturated carbocycles. The highest BCUT2D eigenvalue weighted by atomic mass is 14.9. The van der Waals surface area contributed by atoms with Gasteiger partial charge in [-0.25, -0.2) is 0 Å². The van der Waals surface area contributed by atoms with Crippen LogP contribution in [0.15, 0.2) is 24.3 Å². The molecule has 0 amide bonds.